The van der Waals surface area contributed by atoms with E-state index < -0.39 is 0 Å². The van der Waals surface area contributed by atoms with E-state index in [1.807, 2.05) is 0 Å². The first kappa shape index (κ1) is 14.9. The van der Waals surface area contributed by atoms with Gasteiger partial charge in [0.2, 0.25) is 5.91 Å². The van der Waals surface area contributed by atoms with Crippen LogP contribution in [0.4, 0.5) is 11.4 Å². The molecule has 2 aromatic carbocycles. The van der Waals surface area contributed by atoms with Gasteiger partial charge in [-0.05, 0) is 29.8 Å². The van der Waals surface area contributed by atoms with Gasteiger partial charge in [0.05, 0.1) is 12.0 Å². The van der Waals surface area contributed by atoms with Crippen molar-refractivity contribution < 1.29 is 19.1 Å². The third kappa shape index (κ3) is 2.46. The average molecular weight is 387 g/mol. The second-order valence-electron chi connectivity index (χ2n) is 5.61. The van der Waals surface area contributed by atoms with Crippen LogP contribution in [0.25, 0.3) is 0 Å². The quantitative estimate of drug-likeness (QED) is 0.777. The molecule has 0 saturated carbocycles. The van der Waals surface area contributed by atoms with Crippen molar-refractivity contribution in [3.05, 3.63) is 57.1 Å². The van der Waals surface area contributed by atoms with E-state index in [2.05, 4.69) is 26.6 Å². The number of carbonyl (C=O) groups is 3. The lowest BCUT2D eigenvalue weighted by molar-refractivity contribution is -0.115. The van der Waals surface area contributed by atoms with Gasteiger partial charge in [0.15, 0.2) is 0 Å². The maximum absolute atomic E-state index is 12.6. The van der Waals surface area contributed by atoms with Crippen molar-refractivity contribution in [2.45, 2.75) is 13.0 Å². The Bertz CT molecular complexity index is 923. The SMILES string of the molecule is O=C1Cc2c(cc(Br)cc2C(=O)Nc2ccc3c(c2)C(=O)OC3)N1. The molecule has 2 aromatic rings. The van der Waals surface area contributed by atoms with Crippen LogP contribution >= 0.6 is 15.9 Å². The molecule has 0 fully saturated rings. The van der Waals surface area contributed by atoms with E-state index in [9.17, 15) is 14.4 Å². The minimum Gasteiger partial charge on any atom is -0.457 e. The Labute approximate surface area is 145 Å². The number of amides is 2. The molecule has 0 unspecified atom stereocenters. The molecule has 0 radical (unpaired) electrons. The Hall–Kier alpha value is -2.67. The van der Waals surface area contributed by atoms with E-state index in [0.29, 0.717) is 32.5 Å². The lowest BCUT2D eigenvalue weighted by Gasteiger charge is -2.10. The van der Waals surface area contributed by atoms with E-state index in [-0.39, 0.29) is 30.8 Å². The lowest BCUT2D eigenvalue weighted by atomic mass is 10.0. The first-order valence-corrected chi connectivity index (χ1v) is 8.04. The molecule has 2 N–H and O–H groups in total. The number of cyclic esters (lactones) is 1. The lowest BCUT2D eigenvalue weighted by Crippen LogP contribution is -2.14. The zero-order valence-corrected chi connectivity index (χ0v) is 13.9. The summed E-state index contributed by atoms with van der Waals surface area (Å²) in [5, 5.41) is 5.50. The van der Waals surface area contributed by atoms with Gasteiger partial charge in [-0.1, -0.05) is 22.0 Å². The molecular formula is C17H11BrN2O4. The number of nitrogens with one attached hydrogen (secondary N) is 2. The molecule has 0 aliphatic carbocycles. The van der Waals surface area contributed by atoms with Crippen LogP contribution in [-0.4, -0.2) is 17.8 Å². The van der Waals surface area contributed by atoms with Gasteiger partial charge in [-0.15, -0.1) is 0 Å². The Morgan fingerprint density at radius 1 is 1.21 bits per heavy atom. The smallest absolute Gasteiger partial charge is 0.338 e. The highest BCUT2D eigenvalue weighted by molar-refractivity contribution is 9.10. The summed E-state index contributed by atoms with van der Waals surface area (Å²) in [5.74, 6) is -0.868. The number of hydrogen-bond donors (Lipinski definition) is 2. The fraction of sp³-hybridized carbons (Fsp3) is 0.118. The van der Waals surface area contributed by atoms with Crippen LogP contribution in [-0.2, 0) is 22.6 Å². The summed E-state index contributed by atoms with van der Waals surface area (Å²) in [6.45, 7) is 0.259. The van der Waals surface area contributed by atoms with Crippen molar-refractivity contribution in [1.29, 1.82) is 0 Å². The second kappa shape index (κ2) is 5.45. The molecule has 7 heteroatoms. The van der Waals surface area contributed by atoms with Gasteiger partial charge in [0.1, 0.15) is 6.61 Å². The molecule has 6 nitrogen and oxygen atoms in total. The van der Waals surface area contributed by atoms with E-state index in [1.165, 1.54) is 0 Å². The van der Waals surface area contributed by atoms with Crippen LogP contribution < -0.4 is 10.6 Å². The van der Waals surface area contributed by atoms with E-state index >= 15 is 0 Å². The van der Waals surface area contributed by atoms with Crippen molar-refractivity contribution in [2.24, 2.45) is 0 Å². The molecule has 4 rings (SSSR count). The molecule has 0 spiro atoms. The van der Waals surface area contributed by atoms with Gasteiger partial charge in [-0.2, -0.15) is 0 Å². The van der Waals surface area contributed by atoms with E-state index in [0.717, 1.165) is 5.56 Å². The molecule has 0 saturated heterocycles. The molecule has 120 valence electrons. The summed E-state index contributed by atoms with van der Waals surface area (Å²) in [6.07, 6.45) is 0.169. The Balaban J connectivity index is 1.65. The molecule has 24 heavy (non-hydrogen) atoms. The van der Waals surface area contributed by atoms with Gasteiger partial charge in [-0.3, -0.25) is 9.59 Å². The first-order valence-electron chi connectivity index (χ1n) is 7.25. The summed E-state index contributed by atoms with van der Waals surface area (Å²) in [4.78, 5) is 35.8. The predicted molar refractivity (Wildman–Crippen MR) is 90.0 cm³/mol. The Morgan fingerprint density at radius 2 is 2.04 bits per heavy atom. The predicted octanol–water partition coefficient (Wildman–Crippen LogP) is 2.87. The molecule has 2 amide bonds. The zero-order valence-electron chi connectivity index (χ0n) is 12.3. The monoisotopic (exact) mass is 386 g/mol. The minimum atomic E-state index is -0.390. The number of fused-ring (bicyclic) bond motifs is 2. The summed E-state index contributed by atoms with van der Waals surface area (Å²) in [7, 11) is 0. The maximum atomic E-state index is 12.6. The molecular weight excluding hydrogens is 376 g/mol. The number of rotatable bonds is 2. The number of esters is 1. The van der Waals surface area contributed by atoms with Crippen LogP contribution in [0, 0.1) is 0 Å². The molecule has 2 aliphatic rings. The van der Waals surface area contributed by atoms with E-state index in [1.54, 1.807) is 30.3 Å². The van der Waals surface area contributed by atoms with Crippen LogP contribution in [0.15, 0.2) is 34.8 Å². The van der Waals surface area contributed by atoms with Crippen molar-refractivity contribution in [2.75, 3.05) is 10.6 Å². The van der Waals surface area contributed by atoms with Gasteiger partial charge in [0.25, 0.3) is 5.91 Å². The standard InChI is InChI=1S/C17H11BrN2O4/c18-9-3-13(12-6-15(21)20-14(12)4-9)16(22)19-10-2-1-8-7-24-17(23)11(8)5-10/h1-5H,6-7H2,(H,19,22)(H,20,21). The molecule has 2 heterocycles. The maximum Gasteiger partial charge on any atom is 0.338 e. The highest BCUT2D eigenvalue weighted by Gasteiger charge is 2.26. The summed E-state index contributed by atoms with van der Waals surface area (Å²) in [6, 6.07) is 8.52. The Kier molecular flexibility index (Phi) is 3.38. The van der Waals surface area contributed by atoms with Crippen LogP contribution in [0.2, 0.25) is 0 Å². The van der Waals surface area contributed by atoms with Crippen LogP contribution in [0.1, 0.15) is 31.8 Å². The third-order valence-electron chi connectivity index (χ3n) is 4.02. The van der Waals surface area contributed by atoms with Crippen molar-refractivity contribution in [3.63, 3.8) is 0 Å². The van der Waals surface area contributed by atoms with Crippen LogP contribution in [0.3, 0.4) is 0 Å². The van der Waals surface area contributed by atoms with Crippen molar-refractivity contribution in [3.8, 4) is 0 Å². The largest absolute Gasteiger partial charge is 0.457 e. The number of ether oxygens (including phenoxy) is 1. The Morgan fingerprint density at radius 3 is 2.88 bits per heavy atom. The fourth-order valence-corrected chi connectivity index (χ4v) is 3.34. The molecule has 0 aromatic heterocycles. The molecule has 2 aliphatic heterocycles. The van der Waals surface area contributed by atoms with Crippen LogP contribution in [0.5, 0.6) is 0 Å². The van der Waals surface area contributed by atoms with Gasteiger partial charge in [-0.25, -0.2) is 4.79 Å². The zero-order chi connectivity index (χ0) is 16.8. The van der Waals surface area contributed by atoms with Crippen molar-refractivity contribution >= 4 is 45.1 Å². The van der Waals surface area contributed by atoms with Gasteiger partial charge in [0, 0.05) is 27.0 Å². The molecule has 0 bridgehead atoms. The highest BCUT2D eigenvalue weighted by atomic mass is 79.9. The second-order valence-corrected chi connectivity index (χ2v) is 6.52. The number of hydrogen-bond acceptors (Lipinski definition) is 4. The minimum absolute atomic E-state index is 0.141. The van der Waals surface area contributed by atoms with Crippen molar-refractivity contribution in [1.82, 2.24) is 0 Å². The summed E-state index contributed by atoms with van der Waals surface area (Å²) < 4.78 is 5.65. The van der Waals surface area contributed by atoms with Gasteiger partial charge < -0.3 is 15.4 Å². The summed E-state index contributed by atoms with van der Waals surface area (Å²) in [5.41, 5.74) is 3.49. The fourth-order valence-electron chi connectivity index (χ4n) is 2.89. The molecule has 0 atom stereocenters. The average Bonchev–Trinajstić information content (AvgIpc) is 3.09. The topological polar surface area (TPSA) is 84.5 Å². The summed E-state index contributed by atoms with van der Waals surface area (Å²) >= 11 is 3.35. The number of carbonyl (C=O) groups excluding carboxylic acids is 3. The normalized spacial score (nSPS) is 14.7. The number of halogens is 1. The number of benzene rings is 2. The number of anilines is 2. The first-order chi connectivity index (χ1) is 11.5. The highest BCUT2D eigenvalue weighted by Crippen LogP contribution is 2.31. The van der Waals surface area contributed by atoms with E-state index in [4.69, 9.17) is 4.74 Å². The third-order valence-corrected chi connectivity index (χ3v) is 4.47. The van der Waals surface area contributed by atoms with Gasteiger partial charge >= 0.3 is 5.97 Å².